The van der Waals surface area contributed by atoms with Gasteiger partial charge in [0.2, 0.25) is 0 Å². The van der Waals surface area contributed by atoms with E-state index >= 15 is 0 Å². The Kier molecular flexibility index (Phi) is 6.49. The van der Waals surface area contributed by atoms with Crippen molar-refractivity contribution in [2.75, 3.05) is 16.8 Å². The molecule has 0 radical (unpaired) electrons. The minimum atomic E-state index is 0.569. The standard InChI is InChI=1S/C13H20Br2N2/c1-4-12(5-2)17(7-6-14)13-10(3)8-11(15)9-16-13/h8-9,12H,4-7H2,1-3H3. The van der Waals surface area contributed by atoms with Gasteiger partial charge in [-0.25, -0.2) is 4.98 Å². The molecule has 0 aliphatic rings. The van der Waals surface area contributed by atoms with Gasteiger partial charge in [-0.1, -0.05) is 29.8 Å². The molecule has 1 aromatic rings. The van der Waals surface area contributed by atoms with Crippen LogP contribution in [0.3, 0.4) is 0 Å². The van der Waals surface area contributed by atoms with Gasteiger partial charge in [0.05, 0.1) is 0 Å². The number of alkyl halides is 1. The number of rotatable bonds is 6. The van der Waals surface area contributed by atoms with Gasteiger partial charge in [0, 0.05) is 28.6 Å². The Bertz CT molecular complexity index is 351. The number of aromatic nitrogens is 1. The van der Waals surface area contributed by atoms with Gasteiger partial charge in [0.15, 0.2) is 0 Å². The van der Waals surface area contributed by atoms with Crippen LogP contribution in [0.25, 0.3) is 0 Å². The van der Waals surface area contributed by atoms with E-state index in [1.165, 1.54) is 5.56 Å². The largest absolute Gasteiger partial charge is 0.353 e. The third-order valence-corrected chi connectivity index (χ3v) is 3.79. The summed E-state index contributed by atoms with van der Waals surface area (Å²) in [5.41, 5.74) is 1.23. The molecule has 1 heterocycles. The van der Waals surface area contributed by atoms with E-state index in [1.54, 1.807) is 0 Å². The van der Waals surface area contributed by atoms with Crippen molar-refractivity contribution < 1.29 is 0 Å². The predicted octanol–water partition coefficient (Wildman–Crippen LogP) is 4.54. The molecule has 17 heavy (non-hydrogen) atoms. The summed E-state index contributed by atoms with van der Waals surface area (Å²) in [7, 11) is 0. The van der Waals surface area contributed by atoms with Crippen molar-refractivity contribution >= 4 is 37.7 Å². The zero-order valence-corrected chi connectivity index (χ0v) is 13.9. The average Bonchev–Trinajstić information content (AvgIpc) is 2.30. The molecular formula is C13H20Br2N2. The molecule has 0 unspecified atom stereocenters. The van der Waals surface area contributed by atoms with Gasteiger partial charge in [-0.05, 0) is 47.3 Å². The number of hydrogen-bond acceptors (Lipinski definition) is 2. The highest BCUT2D eigenvalue weighted by Gasteiger charge is 2.18. The molecule has 0 atom stereocenters. The zero-order valence-electron chi connectivity index (χ0n) is 10.7. The van der Waals surface area contributed by atoms with E-state index in [-0.39, 0.29) is 0 Å². The van der Waals surface area contributed by atoms with E-state index in [9.17, 15) is 0 Å². The summed E-state index contributed by atoms with van der Waals surface area (Å²) in [6.07, 6.45) is 4.19. The van der Waals surface area contributed by atoms with Crippen LogP contribution >= 0.6 is 31.9 Å². The van der Waals surface area contributed by atoms with Gasteiger partial charge in [0.25, 0.3) is 0 Å². The lowest BCUT2D eigenvalue weighted by molar-refractivity contribution is 0.562. The summed E-state index contributed by atoms with van der Waals surface area (Å²) < 4.78 is 1.04. The maximum Gasteiger partial charge on any atom is 0.131 e. The first kappa shape index (κ1) is 15.0. The quantitative estimate of drug-likeness (QED) is 0.689. The smallest absolute Gasteiger partial charge is 0.131 e. The highest BCUT2D eigenvalue weighted by atomic mass is 79.9. The van der Waals surface area contributed by atoms with E-state index in [0.29, 0.717) is 6.04 Å². The second kappa shape index (κ2) is 7.37. The van der Waals surface area contributed by atoms with Gasteiger partial charge >= 0.3 is 0 Å². The second-order valence-electron chi connectivity index (χ2n) is 4.15. The Labute approximate surface area is 121 Å². The summed E-state index contributed by atoms with van der Waals surface area (Å²) in [6, 6.07) is 2.70. The van der Waals surface area contributed by atoms with Gasteiger partial charge < -0.3 is 4.90 Å². The fourth-order valence-electron chi connectivity index (χ4n) is 2.12. The summed E-state index contributed by atoms with van der Waals surface area (Å²) in [5, 5.41) is 0.973. The molecule has 0 aliphatic heterocycles. The number of pyridine rings is 1. The Morgan fingerprint density at radius 2 is 2.00 bits per heavy atom. The molecule has 1 aromatic heterocycles. The van der Waals surface area contributed by atoms with Crippen LogP contribution in [-0.4, -0.2) is 22.9 Å². The Balaban J connectivity index is 3.03. The lowest BCUT2D eigenvalue weighted by Crippen LogP contribution is -2.37. The molecule has 0 spiro atoms. The first-order valence-corrected chi connectivity index (χ1v) is 8.00. The fourth-order valence-corrected chi connectivity index (χ4v) is 2.94. The van der Waals surface area contributed by atoms with E-state index in [1.807, 2.05) is 6.20 Å². The number of aryl methyl sites for hydroxylation is 1. The van der Waals surface area contributed by atoms with Crippen LogP contribution in [0.4, 0.5) is 5.82 Å². The molecule has 0 N–H and O–H groups in total. The van der Waals surface area contributed by atoms with Crippen LogP contribution in [-0.2, 0) is 0 Å². The third-order valence-electron chi connectivity index (χ3n) is 3.00. The molecule has 1 rings (SSSR count). The first-order chi connectivity index (χ1) is 8.13. The van der Waals surface area contributed by atoms with Crippen molar-refractivity contribution in [2.45, 2.75) is 39.7 Å². The number of anilines is 1. The molecule has 4 heteroatoms. The fraction of sp³-hybridized carbons (Fsp3) is 0.615. The van der Waals surface area contributed by atoms with Crippen LogP contribution in [0, 0.1) is 6.92 Å². The van der Waals surface area contributed by atoms with Crippen LogP contribution in [0.5, 0.6) is 0 Å². The third kappa shape index (κ3) is 3.95. The summed E-state index contributed by atoms with van der Waals surface area (Å²) in [6.45, 7) is 7.60. The van der Waals surface area contributed by atoms with E-state index in [0.717, 1.165) is 35.0 Å². The first-order valence-electron chi connectivity index (χ1n) is 6.08. The highest BCUT2D eigenvalue weighted by molar-refractivity contribution is 9.10. The number of hydrogen-bond donors (Lipinski definition) is 0. The van der Waals surface area contributed by atoms with Crippen LogP contribution in [0.15, 0.2) is 16.7 Å². The Morgan fingerprint density at radius 1 is 1.35 bits per heavy atom. The highest BCUT2D eigenvalue weighted by Crippen LogP contribution is 2.24. The van der Waals surface area contributed by atoms with Gasteiger partial charge in [-0.3, -0.25) is 0 Å². The lowest BCUT2D eigenvalue weighted by atomic mass is 10.1. The maximum absolute atomic E-state index is 4.57. The normalized spacial score (nSPS) is 10.9. The molecule has 0 amide bonds. The van der Waals surface area contributed by atoms with Crippen molar-refractivity contribution in [1.82, 2.24) is 4.98 Å². The molecular weight excluding hydrogens is 344 g/mol. The monoisotopic (exact) mass is 362 g/mol. The molecule has 0 fully saturated rings. The summed E-state index contributed by atoms with van der Waals surface area (Å²) >= 11 is 7.00. The van der Waals surface area contributed by atoms with Crippen molar-refractivity contribution in [3.05, 3.63) is 22.3 Å². The topological polar surface area (TPSA) is 16.1 Å². The lowest BCUT2D eigenvalue weighted by Gasteiger charge is -2.32. The van der Waals surface area contributed by atoms with E-state index < -0.39 is 0 Å². The van der Waals surface area contributed by atoms with Crippen molar-refractivity contribution in [3.63, 3.8) is 0 Å². The van der Waals surface area contributed by atoms with Crippen LogP contribution < -0.4 is 4.90 Å². The predicted molar refractivity (Wildman–Crippen MR) is 82.2 cm³/mol. The second-order valence-corrected chi connectivity index (χ2v) is 5.86. The van der Waals surface area contributed by atoms with E-state index in [4.69, 9.17) is 0 Å². The van der Waals surface area contributed by atoms with Gasteiger partial charge in [-0.15, -0.1) is 0 Å². The molecule has 0 saturated heterocycles. The average molecular weight is 364 g/mol. The zero-order chi connectivity index (χ0) is 12.8. The van der Waals surface area contributed by atoms with Gasteiger partial charge in [-0.2, -0.15) is 0 Å². The minimum absolute atomic E-state index is 0.569. The SMILES string of the molecule is CCC(CC)N(CCBr)c1ncc(Br)cc1C. The Hall–Kier alpha value is -0.0900. The molecule has 96 valence electrons. The van der Waals surface area contributed by atoms with E-state index in [2.05, 4.69) is 68.6 Å². The van der Waals surface area contributed by atoms with Gasteiger partial charge in [0.1, 0.15) is 5.82 Å². The van der Waals surface area contributed by atoms with Crippen LogP contribution in [0.2, 0.25) is 0 Å². The molecule has 0 aliphatic carbocycles. The molecule has 0 saturated carbocycles. The Morgan fingerprint density at radius 3 is 2.47 bits per heavy atom. The number of nitrogens with zero attached hydrogens (tertiary/aromatic N) is 2. The maximum atomic E-state index is 4.57. The number of halogens is 2. The van der Waals surface area contributed by atoms with Crippen molar-refractivity contribution in [1.29, 1.82) is 0 Å². The van der Waals surface area contributed by atoms with Crippen molar-refractivity contribution in [3.8, 4) is 0 Å². The van der Waals surface area contributed by atoms with Crippen LogP contribution in [0.1, 0.15) is 32.3 Å². The minimum Gasteiger partial charge on any atom is -0.353 e. The summed E-state index contributed by atoms with van der Waals surface area (Å²) in [5.74, 6) is 1.11. The molecule has 0 bridgehead atoms. The van der Waals surface area contributed by atoms with Crippen molar-refractivity contribution in [2.24, 2.45) is 0 Å². The molecule has 0 aromatic carbocycles. The molecule has 2 nitrogen and oxygen atoms in total. The summed E-state index contributed by atoms with van der Waals surface area (Å²) in [4.78, 5) is 6.98.